The minimum Gasteiger partial charge on any atom is -0.271 e. The summed E-state index contributed by atoms with van der Waals surface area (Å²) < 4.78 is 36.4. The summed E-state index contributed by atoms with van der Waals surface area (Å²) in [6.45, 7) is 0. The van der Waals surface area contributed by atoms with Crippen molar-refractivity contribution in [3.05, 3.63) is 36.2 Å². The Morgan fingerprint density at radius 3 is 2.55 bits per heavy atom. The van der Waals surface area contributed by atoms with Crippen LogP contribution in [0.5, 0.6) is 0 Å². The van der Waals surface area contributed by atoms with Crippen molar-refractivity contribution in [3.8, 4) is 0 Å². The van der Waals surface area contributed by atoms with Crippen LogP contribution in [0.4, 0.5) is 13.2 Å². The lowest BCUT2D eigenvalue weighted by Crippen LogP contribution is -2.29. The third-order valence-corrected chi connectivity index (χ3v) is 2.98. The van der Waals surface area contributed by atoms with Gasteiger partial charge in [-0.25, -0.2) is 4.98 Å². The minimum absolute atomic E-state index is 0.00707. The lowest BCUT2D eigenvalue weighted by molar-refractivity contribution is -0.135. The molecule has 0 bridgehead atoms. The first-order chi connectivity index (χ1) is 9.49. The monoisotopic (exact) mass is 284 g/mol. The third-order valence-electron chi connectivity index (χ3n) is 2.98. The molecule has 0 amide bonds. The number of fused-ring (bicyclic) bond motifs is 1. The van der Waals surface area contributed by atoms with E-state index in [2.05, 4.69) is 15.4 Å². The summed E-state index contributed by atoms with van der Waals surface area (Å²) >= 11 is 0. The van der Waals surface area contributed by atoms with Gasteiger partial charge in [0.2, 0.25) is 0 Å². The maximum Gasteiger partial charge on any atom is 0.389 e. The van der Waals surface area contributed by atoms with Gasteiger partial charge >= 0.3 is 6.18 Å². The van der Waals surface area contributed by atoms with Gasteiger partial charge in [-0.3, -0.25) is 16.3 Å². The lowest BCUT2D eigenvalue weighted by Gasteiger charge is -2.16. The zero-order valence-corrected chi connectivity index (χ0v) is 10.7. The van der Waals surface area contributed by atoms with Crippen LogP contribution in [0.1, 0.15) is 31.0 Å². The van der Waals surface area contributed by atoms with Gasteiger partial charge in [0.15, 0.2) is 0 Å². The van der Waals surface area contributed by atoms with Crippen molar-refractivity contribution < 1.29 is 13.2 Å². The summed E-state index contributed by atoms with van der Waals surface area (Å²) in [4.78, 5) is 8.60. The molecule has 1 aromatic heterocycles. The second-order valence-electron chi connectivity index (χ2n) is 4.51. The quantitative estimate of drug-likeness (QED) is 0.654. The van der Waals surface area contributed by atoms with Crippen LogP contribution in [-0.2, 0) is 0 Å². The molecule has 1 unspecified atom stereocenters. The minimum atomic E-state index is -4.14. The Labute approximate surface area is 114 Å². The largest absolute Gasteiger partial charge is 0.389 e. The highest BCUT2D eigenvalue weighted by atomic mass is 19.4. The predicted molar refractivity (Wildman–Crippen MR) is 69.5 cm³/mol. The van der Waals surface area contributed by atoms with Crippen molar-refractivity contribution in [1.29, 1.82) is 0 Å². The topological polar surface area (TPSA) is 63.8 Å². The van der Waals surface area contributed by atoms with E-state index in [4.69, 9.17) is 5.84 Å². The number of alkyl halides is 3. The van der Waals surface area contributed by atoms with Crippen molar-refractivity contribution >= 4 is 11.0 Å². The maximum atomic E-state index is 12.1. The molecule has 0 saturated heterocycles. The molecule has 0 aliphatic carbocycles. The molecule has 3 N–H and O–H groups in total. The molecular weight excluding hydrogens is 269 g/mol. The number of hydrazine groups is 1. The Balaban J connectivity index is 2.09. The smallest absolute Gasteiger partial charge is 0.271 e. The van der Waals surface area contributed by atoms with Gasteiger partial charge in [0, 0.05) is 6.42 Å². The number of aromatic nitrogens is 2. The van der Waals surface area contributed by atoms with E-state index in [1.165, 1.54) is 0 Å². The fourth-order valence-electron chi connectivity index (χ4n) is 1.96. The zero-order chi connectivity index (χ0) is 14.6. The molecule has 1 aromatic carbocycles. The fraction of sp³-hybridized carbons (Fsp3) is 0.385. The van der Waals surface area contributed by atoms with Crippen LogP contribution in [0.3, 0.4) is 0 Å². The Kier molecular flexibility index (Phi) is 4.51. The highest BCUT2D eigenvalue weighted by Crippen LogP contribution is 2.25. The van der Waals surface area contributed by atoms with Crippen LogP contribution >= 0.6 is 0 Å². The average molecular weight is 284 g/mol. The van der Waals surface area contributed by atoms with E-state index in [-0.39, 0.29) is 12.8 Å². The van der Waals surface area contributed by atoms with Gasteiger partial charge in [-0.15, -0.1) is 0 Å². The summed E-state index contributed by atoms with van der Waals surface area (Å²) in [5, 5.41) is 0. The van der Waals surface area contributed by atoms with Gasteiger partial charge in [0.05, 0.1) is 29.0 Å². The number of nitrogens with one attached hydrogen (secondary N) is 1. The van der Waals surface area contributed by atoms with Gasteiger partial charge < -0.3 is 0 Å². The number of hydrogen-bond donors (Lipinski definition) is 2. The first-order valence-corrected chi connectivity index (χ1v) is 6.24. The van der Waals surface area contributed by atoms with Gasteiger partial charge in [-0.05, 0) is 25.0 Å². The van der Waals surface area contributed by atoms with Crippen LogP contribution in [0.15, 0.2) is 30.5 Å². The molecule has 2 rings (SSSR count). The van der Waals surface area contributed by atoms with Crippen molar-refractivity contribution in [2.45, 2.75) is 31.5 Å². The van der Waals surface area contributed by atoms with Crippen LogP contribution < -0.4 is 11.3 Å². The second-order valence-corrected chi connectivity index (χ2v) is 4.51. The molecule has 2 aromatic rings. The summed E-state index contributed by atoms with van der Waals surface area (Å²) in [7, 11) is 0. The average Bonchev–Trinajstić information content (AvgIpc) is 2.42. The molecule has 0 fully saturated rings. The molecule has 20 heavy (non-hydrogen) atoms. The van der Waals surface area contributed by atoms with Crippen molar-refractivity contribution in [1.82, 2.24) is 15.4 Å². The SMILES string of the molecule is NNC(CCCC(F)(F)F)c1cnc2ccccc2n1. The number of nitrogens with two attached hydrogens (primary N) is 1. The highest BCUT2D eigenvalue weighted by Gasteiger charge is 2.27. The van der Waals surface area contributed by atoms with E-state index in [1.54, 1.807) is 12.3 Å². The first-order valence-electron chi connectivity index (χ1n) is 6.24. The summed E-state index contributed by atoms with van der Waals surface area (Å²) in [5.74, 6) is 5.40. The Morgan fingerprint density at radius 1 is 1.20 bits per heavy atom. The Morgan fingerprint density at radius 2 is 1.90 bits per heavy atom. The van der Waals surface area contributed by atoms with E-state index in [9.17, 15) is 13.2 Å². The molecule has 0 spiro atoms. The van der Waals surface area contributed by atoms with E-state index in [1.807, 2.05) is 18.2 Å². The molecular formula is C13H15F3N4. The van der Waals surface area contributed by atoms with Gasteiger partial charge in [0.25, 0.3) is 0 Å². The van der Waals surface area contributed by atoms with E-state index >= 15 is 0 Å². The summed E-state index contributed by atoms with van der Waals surface area (Å²) in [5.41, 5.74) is 4.48. The predicted octanol–water partition coefficient (Wildman–Crippen LogP) is 2.87. The van der Waals surface area contributed by atoms with Crippen molar-refractivity contribution in [2.75, 3.05) is 0 Å². The van der Waals surface area contributed by atoms with E-state index < -0.39 is 18.6 Å². The highest BCUT2D eigenvalue weighted by molar-refractivity contribution is 5.73. The number of para-hydroxylation sites is 2. The third kappa shape index (κ3) is 3.88. The second kappa shape index (κ2) is 6.15. The maximum absolute atomic E-state index is 12.1. The van der Waals surface area contributed by atoms with Crippen LogP contribution in [0, 0.1) is 0 Å². The molecule has 108 valence electrons. The van der Waals surface area contributed by atoms with Gasteiger partial charge in [0.1, 0.15) is 0 Å². The summed E-state index contributed by atoms with van der Waals surface area (Å²) in [6.07, 6.45) is -3.18. The van der Waals surface area contributed by atoms with Crippen molar-refractivity contribution in [2.24, 2.45) is 5.84 Å². The van der Waals surface area contributed by atoms with E-state index in [0.717, 1.165) is 5.52 Å². The standard InChI is InChI=1S/C13H15F3N4/c14-13(15,16)7-3-6-11(20-17)12-8-18-9-4-1-2-5-10(9)19-12/h1-2,4-5,8,11,20H,3,6-7,17H2. The normalized spacial score (nSPS) is 13.6. The molecule has 1 heterocycles. The molecule has 0 saturated carbocycles. The number of hydrogen-bond acceptors (Lipinski definition) is 4. The lowest BCUT2D eigenvalue weighted by atomic mass is 10.1. The first kappa shape index (κ1) is 14.7. The van der Waals surface area contributed by atoms with Gasteiger partial charge in [-0.1, -0.05) is 12.1 Å². The zero-order valence-electron chi connectivity index (χ0n) is 10.7. The van der Waals surface area contributed by atoms with Crippen LogP contribution in [0.2, 0.25) is 0 Å². The van der Waals surface area contributed by atoms with E-state index in [0.29, 0.717) is 11.2 Å². The molecule has 7 heteroatoms. The molecule has 1 atom stereocenters. The fourth-order valence-corrected chi connectivity index (χ4v) is 1.96. The number of nitrogens with zero attached hydrogens (tertiary/aromatic N) is 2. The van der Waals surface area contributed by atoms with Crippen LogP contribution in [-0.4, -0.2) is 16.1 Å². The van der Waals surface area contributed by atoms with Crippen LogP contribution in [0.25, 0.3) is 11.0 Å². The molecule has 0 aliphatic rings. The number of halogens is 3. The summed E-state index contributed by atoms with van der Waals surface area (Å²) in [6, 6.07) is 6.86. The van der Waals surface area contributed by atoms with Gasteiger partial charge in [-0.2, -0.15) is 13.2 Å². The molecule has 0 radical (unpaired) electrons. The Hall–Kier alpha value is -1.73. The molecule has 4 nitrogen and oxygen atoms in total. The number of rotatable bonds is 5. The Bertz CT molecular complexity index is 571. The number of benzene rings is 1. The molecule has 0 aliphatic heterocycles. The van der Waals surface area contributed by atoms with Crippen molar-refractivity contribution in [3.63, 3.8) is 0 Å².